The number of H-pyrrole nitrogens is 1. The maximum absolute atomic E-state index is 12.7. The molecule has 2 N–H and O–H groups in total. The number of hydrogen-bond acceptors (Lipinski definition) is 5. The van der Waals surface area contributed by atoms with E-state index in [1.54, 1.807) is 18.5 Å². The molecule has 1 aliphatic rings. The van der Waals surface area contributed by atoms with Crippen LogP contribution in [0.5, 0.6) is 17.2 Å². The second kappa shape index (κ2) is 7.41. The van der Waals surface area contributed by atoms with Crippen LogP contribution in [0.25, 0.3) is 11.1 Å². The minimum absolute atomic E-state index is 0.153. The predicted octanol–water partition coefficient (Wildman–Crippen LogP) is 3.25. The minimum Gasteiger partial charge on any atom is -0.492 e. The first kappa shape index (κ1) is 17.0. The van der Waals surface area contributed by atoms with Gasteiger partial charge in [0.1, 0.15) is 12.4 Å². The summed E-state index contributed by atoms with van der Waals surface area (Å²) in [6.45, 7) is 2.53. The second-order valence-corrected chi connectivity index (χ2v) is 5.98. The maximum Gasteiger partial charge on any atom is 0.269 e. The molecule has 1 unspecified atom stereocenters. The average Bonchev–Trinajstić information content (AvgIpc) is 3.24. The molecule has 0 fully saturated rings. The van der Waals surface area contributed by atoms with Crippen LogP contribution in [0.15, 0.2) is 54.9 Å². The molecule has 2 aromatic carbocycles. The van der Waals surface area contributed by atoms with Crippen molar-refractivity contribution in [2.45, 2.75) is 13.0 Å². The molecule has 0 spiro atoms. The quantitative estimate of drug-likeness (QED) is 0.725. The fourth-order valence-corrected chi connectivity index (χ4v) is 2.85. The summed E-state index contributed by atoms with van der Waals surface area (Å²) in [5, 5.41) is 9.62. The fraction of sp³-hybridized carbons (Fsp3) is 0.200. The zero-order valence-electron chi connectivity index (χ0n) is 14.8. The van der Waals surface area contributed by atoms with E-state index < -0.39 is 6.10 Å². The first-order valence-corrected chi connectivity index (χ1v) is 8.70. The second-order valence-electron chi connectivity index (χ2n) is 5.98. The molecule has 0 bridgehead atoms. The first-order chi connectivity index (χ1) is 13.2. The van der Waals surface area contributed by atoms with Gasteiger partial charge in [-0.25, -0.2) is 0 Å². The van der Waals surface area contributed by atoms with Gasteiger partial charge in [0.25, 0.3) is 5.91 Å². The van der Waals surface area contributed by atoms with Crippen LogP contribution >= 0.6 is 0 Å². The zero-order chi connectivity index (χ0) is 18.6. The van der Waals surface area contributed by atoms with Crippen molar-refractivity contribution in [1.29, 1.82) is 0 Å². The van der Waals surface area contributed by atoms with E-state index in [1.165, 1.54) is 0 Å². The molecule has 7 nitrogen and oxygen atoms in total. The van der Waals surface area contributed by atoms with Gasteiger partial charge in [-0.3, -0.25) is 9.89 Å². The third-order valence-electron chi connectivity index (χ3n) is 4.17. The van der Waals surface area contributed by atoms with Crippen molar-refractivity contribution in [3.63, 3.8) is 0 Å². The molecule has 3 aromatic rings. The number of benzene rings is 2. The van der Waals surface area contributed by atoms with Crippen LogP contribution in [0.2, 0.25) is 0 Å². The monoisotopic (exact) mass is 365 g/mol. The normalized spacial score (nSPS) is 15.2. The molecule has 0 saturated carbocycles. The van der Waals surface area contributed by atoms with Crippen molar-refractivity contribution in [3.8, 4) is 28.4 Å². The Hall–Kier alpha value is -3.48. The first-order valence-electron chi connectivity index (χ1n) is 8.70. The predicted molar refractivity (Wildman–Crippen MR) is 100 cm³/mol. The number of nitrogens with zero attached hydrogens (tertiary/aromatic N) is 1. The molecular weight excluding hydrogens is 346 g/mol. The largest absolute Gasteiger partial charge is 0.492 e. The van der Waals surface area contributed by atoms with Crippen molar-refractivity contribution in [1.82, 2.24) is 10.2 Å². The van der Waals surface area contributed by atoms with E-state index in [2.05, 4.69) is 15.5 Å². The number of rotatable bonds is 5. The Morgan fingerprint density at radius 1 is 1.26 bits per heavy atom. The number of amides is 1. The average molecular weight is 365 g/mol. The van der Waals surface area contributed by atoms with Gasteiger partial charge in [-0.2, -0.15) is 5.10 Å². The highest BCUT2D eigenvalue weighted by Gasteiger charge is 2.28. The van der Waals surface area contributed by atoms with E-state index in [-0.39, 0.29) is 12.5 Å². The van der Waals surface area contributed by atoms with Crippen molar-refractivity contribution in [3.05, 3.63) is 54.9 Å². The summed E-state index contributed by atoms with van der Waals surface area (Å²) in [6.07, 6.45) is 2.80. The topological polar surface area (TPSA) is 85.5 Å². The summed E-state index contributed by atoms with van der Waals surface area (Å²) < 4.78 is 17.1. The molecule has 27 heavy (non-hydrogen) atoms. The number of hydrogen-bond donors (Lipinski definition) is 2. The smallest absolute Gasteiger partial charge is 0.269 e. The van der Waals surface area contributed by atoms with Crippen LogP contribution in [-0.2, 0) is 4.79 Å². The number of para-hydroxylation sites is 2. The Morgan fingerprint density at radius 2 is 2.11 bits per heavy atom. The van der Waals surface area contributed by atoms with E-state index in [9.17, 15) is 4.79 Å². The van der Waals surface area contributed by atoms with E-state index in [0.29, 0.717) is 29.5 Å². The number of nitrogens with one attached hydrogen (secondary N) is 2. The lowest BCUT2D eigenvalue weighted by molar-refractivity contribution is -0.125. The number of fused-ring (bicyclic) bond motifs is 1. The van der Waals surface area contributed by atoms with E-state index in [1.807, 2.05) is 43.3 Å². The van der Waals surface area contributed by atoms with Crippen LogP contribution in [0.4, 0.5) is 5.69 Å². The molecule has 0 radical (unpaired) electrons. The molecular formula is C20H19N3O4. The summed E-state index contributed by atoms with van der Waals surface area (Å²) in [5.74, 6) is 1.49. The Morgan fingerprint density at radius 3 is 2.89 bits per heavy atom. The minimum atomic E-state index is -0.733. The molecule has 1 aliphatic heterocycles. The van der Waals surface area contributed by atoms with Gasteiger partial charge in [-0.15, -0.1) is 0 Å². The number of aromatic nitrogens is 2. The van der Waals surface area contributed by atoms with Gasteiger partial charge in [0.05, 0.1) is 18.5 Å². The lowest BCUT2D eigenvalue weighted by Gasteiger charge is -2.25. The summed E-state index contributed by atoms with van der Waals surface area (Å²) >= 11 is 0. The van der Waals surface area contributed by atoms with Crippen LogP contribution in [-0.4, -0.2) is 35.4 Å². The standard InChI is InChI=1S/C20H19N3O4/c1-2-25-18-9-13(14-10-21-22-11-14)7-8-15(18)23-20(24)19-12-26-16-5-3-4-6-17(16)27-19/h3-11,19H,2,12H2,1H3,(H,21,22)(H,23,24). The third kappa shape index (κ3) is 3.57. The van der Waals surface area contributed by atoms with Crippen LogP contribution < -0.4 is 19.5 Å². The molecule has 7 heteroatoms. The number of aromatic amines is 1. The highest BCUT2D eigenvalue weighted by Crippen LogP contribution is 2.33. The lowest BCUT2D eigenvalue weighted by Crippen LogP contribution is -2.40. The number of carbonyl (C=O) groups excluding carboxylic acids is 1. The van der Waals surface area contributed by atoms with Gasteiger partial charge >= 0.3 is 0 Å². The molecule has 0 aliphatic carbocycles. The van der Waals surface area contributed by atoms with Gasteiger partial charge in [0.15, 0.2) is 11.5 Å². The Kier molecular flexibility index (Phi) is 4.65. The van der Waals surface area contributed by atoms with Gasteiger partial charge in [0, 0.05) is 11.8 Å². The fourth-order valence-electron chi connectivity index (χ4n) is 2.85. The highest BCUT2D eigenvalue weighted by atomic mass is 16.6. The van der Waals surface area contributed by atoms with E-state index in [4.69, 9.17) is 14.2 Å². The van der Waals surface area contributed by atoms with E-state index >= 15 is 0 Å². The van der Waals surface area contributed by atoms with Crippen molar-refractivity contribution < 1.29 is 19.0 Å². The van der Waals surface area contributed by atoms with Gasteiger partial charge in [0.2, 0.25) is 6.10 Å². The number of ether oxygens (including phenoxy) is 3. The zero-order valence-corrected chi connectivity index (χ0v) is 14.8. The summed E-state index contributed by atoms with van der Waals surface area (Å²) in [5.41, 5.74) is 2.46. The van der Waals surface area contributed by atoms with Crippen molar-refractivity contribution in [2.24, 2.45) is 0 Å². The van der Waals surface area contributed by atoms with Crippen molar-refractivity contribution >= 4 is 11.6 Å². The molecule has 1 amide bonds. The Labute approximate surface area is 156 Å². The number of anilines is 1. The lowest BCUT2D eigenvalue weighted by atomic mass is 10.1. The van der Waals surface area contributed by atoms with Crippen LogP contribution in [0, 0.1) is 0 Å². The van der Waals surface area contributed by atoms with Gasteiger partial charge in [-0.1, -0.05) is 18.2 Å². The molecule has 0 saturated heterocycles. The Balaban J connectivity index is 1.52. The molecule has 1 aromatic heterocycles. The molecule has 4 rings (SSSR count). The SMILES string of the molecule is CCOc1cc(-c2cn[nH]c2)ccc1NC(=O)C1COc2ccccc2O1. The summed E-state index contributed by atoms with van der Waals surface area (Å²) in [6, 6.07) is 12.9. The molecule has 1 atom stereocenters. The summed E-state index contributed by atoms with van der Waals surface area (Å²) in [7, 11) is 0. The van der Waals surface area contributed by atoms with E-state index in [0.717, 1.165) is 11.1 Å². The molecule has 138 valence electrons. The van der Waals surface area contributed by atoms with Crippen molar-refractivity contribution in [2.75, 3.05) is 18.5 Å². The number of carbonyl (C=O) groups is 1. The Bertz CT molecular complexity index is 940. The van der Waals surface area contributed by atoms with Gasteiger partial charge < -0.3 is 19.5 Å². The van der Waals surface area contributed by atoms with Gasteiger partial charge in [-0.05, 0) is 36.8 Å². The highest BCUT2D eigenvalue weighted by molar-refractivity contribution is 5.96. The van der Waals surface area contributed by atoms with Crippen LogP contribution in [0.3, 0.4) is 0 Å². The third-order valence-corrected chi connectivity index (χ3v) is 4.17. The molecule has 2 heterocycles. The maximum atomic E-state index is 12.7. The van der Waals surface area contributed by atoms with Crippen LogP contribution in [0.1, 0.15) is 6.92 Å². The summed E-state index contributed by atoms with van der Waals surface area (Å²) in [4.78, 5) is 12.7.